The van der Waals surface area contributed by atoms with Gasteiger partial charge in [0.2, 0.25) is 5.91 Å². The summed E-state index contributed by atoms with van der Waals surface area (Å²) in [5.41, 5.74) is 1.10. The second-order valence-electron chi connectivity index (χ2n) is 6.36. The van der Waals surface area contributed by atoms with Crippen LogP contribution >= 0.6 is 0 Å². The van der Waals surface area contributed by atoms with Crippen LogP contribution in [0, 0.1) is 19.3 Å². The van der Waals surface area contributed by atoms with Gasteiger partial charge in [-0.25, -0.2) is 0 Å². The summed E-state index contributed by atoms with van der Waals surface area (Å²) < 4.78 is 0. The number of amides is 2. The summed E-state index contributed by atoms with van der Waals surface area (Å²) in [6, 6.07) is 0. The summed E-state index contributed by atoms with van der Waals surface area (Å²) in [6.07, 6.45) is 1.18. The standard InChI is InChI=1S/C15H22N4O3/c1-9-12(10(2)18-17-9)13(21)19-7-4-11(20)15(8-19)5-3-6-16-14(15)22/h11,20H,3-8H2,1-2H3,(H,16,22)(H,17,18)/t11-,15+/m0/s1. The van der Waals surface area contributed by atoms with Gasteiger partial charge in [-0.05, 0) is 33.1 Å². The minimum absolute atomic E-state index is 0.117. The number of aryl methyl sites for hydroxylation is 2. The summed E-state index contributed by atoms with van der Waals surface area (Å²) in [5.74, 6) is -0.252. The maximum atomic E-state index is 12.8. The number of rotatable bonds is 1. The van der Waals surface area contributed by atoms with E-state index in [0.717, 1.165) is 12.1 Å². The van der Waals surface area contributed by atoms with E-state index < -0.39 is 11.5 Å². The van der Waals surface area contributed by atoms with Crippen molar-refractivity contribution in [3.63, 3.8) is 0 Å². The summed E-state index contributed by atoms with van der Waals surface area (Å²) in [5, 5.41) is 20.1. The number of carbonyl (C=O) groups excluding carboxylic acids is 2. The van der Waals surface area contributed by atoms with Gasteiger partial charge in [-0.1, -0.05) is 0 Å². The number of hydrogen-bond acceptors (Lipinski definition) is 4. The number of H-pyrrole nitrogens is 1. The molecule has 2 amide bonds. The van der Waals surface area contributed by atoms with Gasteiger partial charge in [-0.15, -0.1) is 0 Å². The van der Waals surface area contributed by atoms with E-state index in [4.69, 9.17) is 0 Å². The van der Waals surface area contributed by atoms with Crippen LogP contribution in [-0.2, 0) is 4.79 Å². The number of aliphatic hydroxyl groups excluding tert-OH is 1. The van der Waals surface area contributed by atoms with Crippen molar-refractivity contribution in [2.45, 2.75) is 39.2 Å². The highest BCUT2D eigenvalue weighted by Gasteiger charge is 2.50. The number of likely N-dealkylation sites (tertiary alicyclic amines) is 1. The molecule has 3 rings (SSSR count). The molecule has 22 heavy (non-hydrogen) atoms. The predicted molar refractivity (Wildman–Crippen MR) is 79.3 cm³/mol. The number of carbonyl (C=O) groups is 2. The summed E-state index contributed by atoms with van der Waals surface area (Å²) in [7, 11) is 0. The van der Waals surface area contributed by atoms with Crippen molar-refractivity contribution in [2.75, 3.05) is 19.6 Å². The molecule has 2 atom stereocenters. The molecule has 0 unspecified atom stereocenters. The largest absolute Gasteiger partial charge is 0.392 e. The highest BCUT2D eigenvalue weighted by atomic mass is 16.3. The Hall–Kier alpha value is -1.89. The number of aliphatic hydroxyl groups is 1. The van der Waals surface area contributed by atoms with Crippen LogP contribution in [0.3, 0.4) is 0 Å². The van der Waals surface area contributed by atoms with Crippen LogP contribution in [0.2, 0.25) is 0 Å². The SMILES string of the molecule is Cc1n[nH]c(C)c1C(=O)N1CC[C@H](O)[C@@]2(CCCNC2=O)C1. The molecule has 1 aromatic rings. The molecule has 0 radical (unpaired) electrons. The maximum Gasteiger partial charge on any atom is 0.257 e. The lowest BCUT2D eigenvalue weighted by atomic mass is 9.71. The Kier molecular flexibility index (Phi) is 3.68. The van der Waals surface area contributed by atoms with Crippen molar-refractivity contribution >= 4 is 11.8 Å². The lowest BCUT2D eigenvalue weighted by molar-refractivity contribution is -0.147. The van der Waals surface area contributed by atoms with Crippen LogP contribution in [0.25, 0.3) is 0 Å². The zero-order valence-electron chi connectivity index (χ0n) is 13.0. The van der Waals surface area contributed by atoms with Crippen molar-refractivity contribution in [2.24, 2.45) is 5.41 Å². The average Bonchev–Trinajstić information content (AvgIpc) is 2.83. The summed E-state index contributed by atoms with van der Waals surface area (Å²) >= 11 is 0. The third-order valence-electron chi connectivity index (χ3n) is 4.95. The second kappa shape index (κ2) is 5.39. The second-order valence-corrected chi connectivity index (χ2v) is 6.36. The van der Waals surface area contributed by atoms with E-state index in [0.29, 0.717) is 37.2 Å². The Balaban J connectivity index is 1.87. The zero-order valence-corrected chi connectivity index (χ0v) is 13.0. The molecule has 2 aliphatic heterocycles. The van der Waals surface area contributed by atoms with Gasteiger partial charge in [0.05, 0.1) is 22.8 Å². The topological polar surface area (TPSA) is 98.3 Å². The molecule has 7 nitrogen and oxygen atoms in total. The Labute approximate surface area is 129 Å². The molecule has 3 heterocycles. The normalized spacial score (nSPS) is 28.8. The van der Waals surface area contributed by atoms with E-state index >= 15 is 0 Å². The van der Waals surface area contributed by atoms with Crippen molar-refractivity contribution in [3.8, 4) is 0 Å². The molecule has 3 N–H and O–H groups in total. The number of nitrogens with one attached hydrogen (secondary N) is 2. The van der Waals surface area contributed by atoms with Crippen LogP contribution in [0.5, 0.6) is 0 Å². The molecule has 0 aromatic carbocycles. The maximum absolute atomic E-state index is 12.8. The van der Waals surface area contributed by atoms with Crippen LogP contribution < -0.4 is 5.32 Å². The molecule has 0 bridgehead atoms. The summed E-state index contributed by atoms with van der Waals surface area (Å²) in [4.78, 5) is 26.8. The summed E-state index contributed by atoms with van der Waals surface area (Å²) in [6.45, 7) is 4.97. The molecule has 2 aliphatic rings. The zero-order chi connectivity index (χ0) is 15.9. The van der Waals surface area contributed by atoms with E-state index in [1.54, 1.807) is 11.8 Å². The number of nitrogens with zero attached hydrogens (tertiary/aromatic N) is 2. The molecule has 0 aliphatic carbocycles. The third-order valence-corrected chi connectivity index (χ3v) is 4.95. The van der Waals surface area contributed by atoms with Gasteiger partial charge < -0.3 is 15.3 Å². The van der Waals surface area contributed by atoms with E-state index in [9.17, 15) is 14.7 Å². The Morgan fingerprint density at radius 1 is 1.45 bits per heavy atom. The molecular formula is C15H22N4O3. The molecule has 7 heteroatoms. The van der Waals surface area contributed by atoms with Crippen molar-refractivity contribution in [1.82, 2.24) is 20.4 Å². The number of aromatic amines is 1. The number of piperidine rings is 2. The first-order valence-electron chi connectivity index (χ1n) is 7.73. The average molecular weight is 306 g/mol. The fourth-order valence-corrected chi connectivity index (χ4v) is 3.64. The minimum atomic E-state index is -0.863. The van der Waals surface area contributed by atoms with Gasteiger partial charge in [0.25, 0.3) is 5.91 Å². The molecule has 2 fully saturated rings. The van der Waals surface area contributed by atoms with E-state index in [1.807, 2.05) is 6.92 Å². The van der Waals surface area contributed by atoms with E-state index in [2.05, 4.69) is 15.5 Å². The molecular weight excluding hydrogens is 284 g/mol. The van der Waals surface area contributed by atoms with Crippen LogP contribution in [0.4, 0.5) is 0 Å². The minimum Gasteiger partial charge on any atom is -0.392 e. The molecule has 1 aromatic heterocycles. The van der Waals surface area contributed by atoms with Crippen molar-refractivity contribution in [3.05, 3.63) is 17.0 Å². The van der Waals surface area contributed by atoms with Crippen LogP contribution in [0.1, 0.15) is 41.0 Å². The fraction of sp³-hybridized carbons (Fsp3) is 0.667. The van der Waals surface area contributed by atoms with Gasteiger partial charge in [0.1, 0.15) is 0 Å². The monoisotopic (exact) mass is 306 g/mol. The number of hydrogen-bond donors (Lipinski definition) is 3. The highest BCUT2D eigenvalue weighted by molar-refractivity contribution is 5.97. The van der Waals surface area contributed by atoms with Gasteiger partial charge in [-0.3, -0.25) is 14.7 Å². The Bertz CT molecular complexity index is 592. The quantitative estimate of drug-likeness (QED) is 0.687. The first kappa shape index (κ1) is 15.0. The highest BCUT2D eigenvalue weighted by Crippen LogP contribution is 2.37. The van der Waals surface area contributed by atoms with Gasteiger partial charge in [0.15, 0.2) is 0 Å². The molecule has 120 valence electrons. The lowest BCUT2D eigenvalue weighted by Crippen LogP contribution is -2.62. The fourth-order valence-electron chi connectivity index (χ4n) is 3.64. The smallest absolute Gasteiger partial charge is 0.257 e. The Morgan fingerprint density at radius 3 is 2.86 bits per heavy atom. The van der Waals surface area contributed by atoms with E-state index in [-0.39, 0.29) is 18.4 Å². The number of aromatic nitrogens is 2. The van der Waals surface area contributed by atoms with Crippen molar-refractivity contribution < 1.29 is 14.7 Å². The van der Waals surface area contributed by atoms with Gasteiger partial charge in [-0.2, -0.15) is 5.10 Å². The first-order valence-corrected chi connectivity index (χ1v) is 7.73. The van der Waals surface area contributed by atoms with Crippen LogP contribution in [-0.4, -0.2) is 57.8 Å². The molecule has 1 spiro atoms. The lowest BCUT2D eigenvalue weighted by Gasteiger charge is -2.46. The molecule has 2 saturated heterocycles. The first-order chi connectivity index (χ1) is 10.5. The van der Waals surface area contributed by atoms with Crippen LogP contribution in [0.15, 0.2) is 0 Å². The molecule has 0 saturated carbocycles. The van der Waals surface area contributed by atoms with E-state index in [1.165, 1.54) is 0 Å². The predicted octanol–water partition coefficient (Wildman–Crippen LogP) is 0.130. The Morgan fingerprint density at radius 2 is 2.23 bits per heavy atom. The third kappa shape index (κ3) is 2.20. The van der Waals surface area contributed by atoms with Gasteiger partial charge in [0, 0.05) is 25.3 Å². The van der Waals surface area contributed by atoms with Crippen molar-refractivity contribution in [1.29, 1.82) is 0 Å². The van der Waals surface area contributed by atoms with Gasteiger partial charge >= 0.3 is 0 Å².